The van der Waals surface area contributed by atoms with Crippen LogP contribution in [0.4, 0.5) is 0 Å². The molecule has 372 valence electrons. The summed E-state index contributed by atoms with van der Waals surface area (Å²) in [5.41, 5.74) is 14.5. The minimum atomic E-state index is -0.644. The van der Waals surface area contributed by atoms with Gasteiger partial charge in [0.05, 0.1) is 17.7 Å². The molecule has 8 rings (SSSR count). The van der Waals surface area contributed by atoms with E-state index in [2.05, 4.69) is 69.4 Å². The summed E-state index contributed by atoms with van der Waals surface area (Å²) in [7, 11) is 0. The Labute approximate surface area is 425 Å². The van der Waals surface area contributed by atoms with Gasteiger partial charge in [-0.3, -0.25) is 14.4 Å². The van der Waals surface area contributed by atoms with E-state index in [9.17, 15) is 24.6 Å². The Bertz CT molecular complexity index is 3150. The zero-order valence-corrected chi connectivity index (χ0v) is 42.8. The number of hydrogen-bond donors (Lipinski definition) is 3. The van der Waals surface area contributed by atoms with Crippen LogP contribution in [0.3, 0.4) is 0 Å². The number of carbonyl (C=O) groups excluding carboxylic acids is 3. The number of rotatable bonds is 14. The molecule has 1 amide bonds. The van der Waals surface area contributed by atoms with Crippen molar-refractivity contribution in [3.63, 3.8) is 0 Å². The molecule has 0 aliphatic heterocycles. The number of nitrogens with zero attached hydrogens (tertiary/aromatic N) is 6. The van der Waals surface area contributed by atoms with Crippen molar-refractivity contribution >= 4 is 17.7 Å². The van der Waals surface area contributed by atoms with Crippen LogP contribution in [0.25, 0.3) is 68.3 Å². The molecule has 0 aliphatic carbocycles. The maximum atomic E-state index is 12.1. The third-order valence-electron chi connectivity index (χ3n) is 11.8. The lowest BCUT2D eigenvalue weighted by Crippen LogP contribution is -2.32. The Morgan fingerprint density at radius 2 is 0.781 bits per heavy atom. The predicted octanol–water partition coefficient (Wildman–Crippen LogP) is 10.9. The molecule has 0 unspecified atom stereocenters. The molecule has 6 aromatic carbocycles. The number of aryl methyl sites for hydroxylation is 9. The van der Waals surface area contributed by atoms with Crippen molar-refractivity contribution < 1.29 is 34.1 Å². The number of hydrogen-bond acceptors (Lipinski definition) is 13. The van der Waals surface area contributed by atoms with E-state index in [1.807, 2.05) is 83.1 Å². The maximum absolute atomic E-state index is 12.1. The molecule has 8 aromatic rings. The minimum Gasteiger partial charge on any atom is -0.507 e. The Morgan fingerprint density at radius 3 is 1.12 bits per heavy atom. The molecular formula is C59H59N7O7. The van der Waals surface area contributed by atoms with Crippen LogP contribution in [0.15, 0.2) is 109 Å². The molecule has 0 saturated heterocycles. The van der Waals surface area contributed by atoms with Crippen LogP contribution in [-0.4, -0.2) is 77.5 Å². The van der Waals surface area contributed by atoms with Gasteiger partial charge in [-0.25, -0.2) is 29.9 Å². The summed E-state index contributed by atoms with van der Waals surface area (Å²) in [6.45, 7) is 19.2. The van der Waals surface area contributed by atoms with Gasteiger partial charge in [0.15, 0.2) is 41.6 Å². The largest absolute Gasteiger partial charge is 0.507 e. The first-order valence-corrected chi connectivity index (χ1v) is 23.8. The van der Waals surface area contributed by atoms with Crippen LogP contribution >= 0.6 is 0 Å². The van der Waals surface area contributed by atoms with Crippen molar-refractivity contribution in [2.24, 2.45) is 0 Å². The van der Waals surface area contributed by atoms with E-state index in [-0.39, 0.29) is 49.2 Å². The van der Waals surface area contributed by atoms with E-state index < -0.39 is 11.9 Å². The van der Waals surface area contributed by atoms with Crippen molar-refractivity contribution in [2.45, 2.75) is 75.7 Å². The average molecular weight is 978 g/mol. The highest BCUT2D eigenvalue weighted by Gasteiger charge is 2.20. The highest BCUT2D eigenvalue weighted by Crippen LogP contribution is 2.35. The number of amides is 1. The number of benzene rings is 6. The lowest BCUT2D eigenvalue weighted by atomic mass is 10.0. The van der Waals surface area contributed by atoms with Crippen LogP contribution < -0.4 is 10.1 Å². The number of Topliss-reactive ketones (excluding diaryl/α,β-unsaturated/α-hetero) is 1. The topological polar surface area (TPSA) is 200 Å². The van der Waals surface area contributed by atoms with Crippen LogP contribution in [0.5, 0.6) is 17.2 Å². The molecule has 0 atom stereocenters. The second-order valence-electron chi connectivity index (χ2n) is 18.3. The third-order valence-corrected chi connectivity index (χ3v) is 11.8. The SMILES string of the molecule is CC(=O)CC(=O)OCCNC(=O)COc1ccc(-c2nc(-c3ccc(C)cc3C)nc(-c3ccc(C)cc3C)n2)c(O)c1.Cc1ccc(-c2nc(-c3ccc(C)cc3C)nc(-c3ccc(C)cc3O)n2)c(C)c1. The van der Waals surface area contributed by atoms with E-state index in [0.717, 1.165) is 61.2 Å². The van der Waals surface area contributed by atoms with Crippen LogP contribution in [0.1, 0.15) is 63.4 Å². The number of carbonyl (C=O) groups is 3. The van der Waals surface area contributed by atoms with Gasteiger partial charge in [0.1, 0.15) is 36.1 Å². The summed E-state index contributed by atoms with van der Waals surface area (Å²) < 4.78 is 10.4. The van der Waals surface area contributed by atoms with Crippen LogP contribution in [0, 0.1) is 62.3 Å². The van der Waals surface area contributed by atoms with Gasteiger partial charge in [-0.1, -0.05) is 101 Å². The summed E-state index contributed by atoms with van der Waals surface area (Å²) in [4.78, 5) is 63.0. The standard InChI is InChI=1S/C33H34N4O6.C26H25N3O/c1-19-6-9-25(21(3)14-19)31-35-32(26-10-7-20(2)15-22(26)4)37-33(36-31)27-11-8-24(17-28(27)39)43-18-29(40)34-12-13-42-30(41)16-23(5)38;1-15-6-9-20(18(4)12-15)24-27-25(21-10-7-16(2)13-19(21)5)29-26(28-24)22-11-8-17(3)14-23(22)30/h6-11,14-15,17,39H,12-13,16,18H2,1-5H3,(H,34,40);6-14,30H,1-5H3. The van der Waals surface area contributed by atoms with Crippen molar-refractivity contribution in [1.82, 2.24) is 35.2 Å². The zero-order valence-electron chi connectivity index (χ0n) is 42.8. The maximum Gasteiger partial charge on any atom is 0.313 e. The van der Waals surface area contributed by atoms with Gasteiger partial charge in [0.25, 0.3) is 5.91 Å². The number of nitrogens with one attached hydrogen (secondary N) is 1. The predicted molar refractivity (Wildman–Crippen MR) is 283 cm³/mol. The van der Waals surface area contributed by atoms with Crippen molar-refractivity contribution in [3.05, 3.63) is 159 Å². The highest BCUT2D eigenvalue weighted by molar-refractivity contribution is 5.94. The van der Waals surface area contributed by atoms with E-state index >= 15 is 0 Å². The normalized spacial score (nSPS) is 10.8. The number of ketones is 1. The molecule has 14 heteroatoms. The van der Waals surface area contributed by atoms with Crippen LogP contribution in [-0.2, 0) is 19.1 Å². The smallest absolute Gasteiger partial charge is 0.313 e. The number of aromatic hydroxyl groups is 2. The summed E-state index contributed by atoms with van der Waals surface area (Å²) in [6.07, 6.45) is -0.305. The van der Waals surface area contributed by atoms with Crippen molar-refractivity contribution in [3.8, 4) is 85.6 Å². The molecule has 0 aliphatic rings. The van der Waals surface area contributed by atoms with Crippen molar-refractivity contribution in [1.29, 1.82) is 0 Å². The molecule has 0 radical (unpaired) electrons. The lowest BCUT2D eigenvalue weighted by Gasteiger charge is -2.13. The molecule has 3 N–H and O–H groups in total. The van der Waals surface area contributed by atoms with Crippen LogP contribution in [0.2, 0.25) is 0 Å². The molecule has 2 heterocycles. The summed E-state index contributed by atoms with van der Waals surface area (Å²) in [5, 5.41) is 24.1. The molecule has 0 bridgehead atoms. The molecule has 14 nitrogen and oxygen atoms in total. The van der Waals surface area contributed by atoms with Gasteiger partial charge < -0.3 is 25.0 Å². The Hall–Kier alpha value is -8.65. The van der Waals surface area contributed by atoms with E-state index in [0.29, 0.717) is 46.1 Å². The summed E-state index contributed by atoms with van der Waals surface area (Å²) >= 11 is 0. The monoisotopic (exact) mass is 977 g/mol. The molecule has 0 saturated carbocycles. The van der Waals surface area contributed by atoms with Gasteiger partial charge in [0.2, 0.25) is 0 Å². The molecule has 2 aromatic heterocycles. The van der Waals surface area contributed by atoms with Crippen molar-refractivity contribution in [2.75, 3.05) is 19.8 Å². The quantitative estimate of drug-likeness (QED) is 0.0529. The molecule has 73 heavy (non-hydrogen) atoms. The Balaban J connectivity index is 0.000000227. The first-order valence-electron chi connectivity index (χ1n) is 23.8. The number of esters is 1. The van der Waals surface area contributed by atoms with Gasteiger partial charge in [0, 0.05) is 28.3 Å². The second-order valence-corrected chi connectivity index (χ2v) is 18.3. The van der Waals surface area contributed by atoms with Gasteiger partial charge in [-0.2, -0.15) is 0 Å². The fourth-order valence-corrected chi connectivity index (χ4v) is 8.16. The molecule has 0 spiro atoms. The average Bonchev–Trinajstić information content (AvgIpc) is 3.32. The Morgan fingerprint density at radius 1 is 0.452 bits per heavy atom. The third kappa shape index (κ3) is 13.4. The molecule has 0 fully saturated rings. The summed E-state index contributed by atoms with van der Waals surface area (Å²) in [6, 6.07) is 34.7. The van der Waals surface area contributed by atoms with E-state index in [4.69, 9.17) is 39.4 Å². The lowest BCUT2D eigenvalue weighted by molar-refractivity contribution is -0.146. The Kier molecular flexibility index (Phi) is 16.5. The first kappa shape index (κ1) is 52.2. The number of phenols is 2. The minimum absolute atomic E-state index is 0.0620. The fourth-order valence-electron chi connectivity index (χ4n) is 8.16. The van der Waals surface area contributed by atoms with Gasteiger partial charge in [-0.05, 0) is 121 Å². The fraction of sp³-hybridized carbons (Fsp3) is 0.237. The first-order chi connectivity index (χ1) is 34.8. The van der Waals surface area contributed by atoms with Gasteiger partial charge >= 0.3 is 5.97 Å². The zero-order chi connectivity index (χ0) is 52.5. The highest BCUT2D eigenvalue weighted by atomic mass is 16.5. The number of ether oxygens (including phenoxy) is 2. The van der Waals surface area contributed by atoms with Gasteiger partial charge in [-0.15, -0.1) is 0 Å². The van der Waals surface area contributed by atoms with E-state index in [1.54, 1.807) is 18.2 Å². The summed E-state index contributed by atoms with van der Waals surface area (Å²) in [5.74, 6) is 1.86. The number of phenolic OH excluding ortho intramolecular Hbond substituents is 2. The molecular weight excluding hydrogens is 919 g/mol. The second kappa shape index (κ2) is 23.1. The number of aromatic nitrogens is 6. The van der Waals surface area contributed by atoms with E-state index in [1.165, 1.54) is 24.1 Å².